The van der Waals surface area contributed by atoms with Crippen molar-refractivity contribution in [2.24, 2.45) is 5.73 Å². The molecule has 0 atom stereocenters. The van der Waals surface area contributed by atoms with Crippen molar-refractivity contribution in [2.75, 3.05) is 0 Å². The van der Waals surface area contributed by atoms with Gasteiger partial charge in [0, 0.05) is 17.4 Å². The van der Waals surface area contributed by atoms with Gasteiger partial charge in [-0.3, -0.25) is 4.79 Å². The molecule has 3 nitrogen and oxygen atoms in total. The maximum Gasteiger partial charge on any atom is 0.303 e. The van der Waals surface area contributed by atoms with Gasteiger partial charge in [0.15, 0.2) is 0 Å². The highest BCUT2D eigenvalue weighted by molar-refractivity contribution is 9.10. The zero-order valence-electron chi connectivity index (χ0n) is 8.37. The Morgan fingerprint density at radius 3 is 2.80 bits per heavy atom. The number of carboxylic acids is 1. The molecule has 0 unspecified atom stereocenters. The van der Waals surface area contributed by atoms with Crippen molar-refractivity contribution in [3.63, 3.8) is 0 Å². The Labute approximate surface area is 97.4 Å². The largest absolute Gasteiger partial charge is 0.481 e. The minimum absolute atomic E-state index is 0.216. The summed E-state index contributed by atoms with van der Waals surface area (Å²) in [6, 6.07) is 5.97. The predicted octanol–water partition coefficient (Wildman–Crippen LogP) is 2.32. The molecule has 0 aliphatic carbocycles. The van der Waals surface area contributed by atoms with E-state index in [0.717, 1.165) is 22.0 Å². The van der Waals surface area contributed by atoms with E-state index in [2.05, 4.69) is 15.9 Å². The number of carbonyl (C=O) groups is 1. The number of aliphatic carboxylic acids is 1. The lowest BCUT2D eigenvalue weighted by Gasteiger charge is -2.05. The smallest absolute Gasteiger partial charge is 0.303 e. The van der Waals surface area contributed by atoms with Gasteiger partial charge in [0.25, 0.3) is 0 Å². The fourth-order valence-electron chi connectivity index (χ4n) is 1.38. The Hall–Kier alpha value is -0.870. The highest BCUT2D eigenvalue weighted by Gasteiger charge is 2.01. The fraction of sp³-hybridized carbons (Fsp3) is 0.364. The zero-order chi connectivity index (χ0) is 11.3. The Morgan fingerprint density at radius 1 is 1.47 bits per heavy atom. The van der Waals surface area contributed by atoms with Crippen molar-refractivity contribution < 1.29 is 9.90 Å². The second kappa shape index (κ2) is 5.88. The average molecular weight is 272 g/mol. The van der Waals surface area contributed by atoms with Crippen LogP contribution in [0.2, 0.25) is 0 Å². The summed E-state index contributed by atoms with van der Waals surface area (Å²) in [5.41, 5.74) is 7.77. The van der Waals surface area contributed by atoms with Crippen LogP contribution >= 0.6 is 15.9 Å². The van der Waals surface area contributed by atoms with Crippen LogP contribution in [0.1, 0.15) is 24.0 Å². The molecule has 0 spiro atoms. The van der Waals surface area contributed by atoms with Crippen molar-refractivity contribution in [1.82, 2.24) is 0 Å². The number of hydrogen-bond donors (Lipinski definition) is 2. The molecule has 0 saturated heterocycles. The summed E-state index contributed by atoms with van der Waals surface area (Å²) in [4.78, 5) is 10.3. The monoisotopic (exact) mass is 271 g/mol. The Bertz CT molecular complexity index is 352. The van der Waals surface area contributed by atoms with Crippen LogP contribution in [0.3, 0.4) is 0 Å². The van der Waals surface area contributed by atoms with Crippen molar-refractivity contribution in [3.05, 3.63) is 33.8 Å². The number of carboxylic acid groups (broad SMARTS) is 1. The molecule has 1 aromatic rings. The Balaban J connectivity index is 2.58. The number of rotatable bonds is 5. The molecule has 82 valence electrons. The molecule has 1 rings (SSSR count). The Kier molecular flexibility index (Phi) is 4.78. The molecule has 0 aliphatic rings. The summed E-state index contributed by atoms with van der Waals surface area (Å²) in [5.74, 6) is -0.744. The first-order valence-electron chi connectivity index (χ1n) is 4.82. The molecular formula is C11H14BrNO2. The minimum Gasteiger partial charge on any atom is -0.481 e. The zero-order valence-corrected chi connectivity index (χ0v) is 9.96. The number of halogens is 1. The summed E-state index contributed by atoms with van der Waals surface area (Å²) >= 11 is 3.41. The van der Waals surface area contributed by atoms with Gasteiger partial charge in [-0.15, -0.1) is 0 Å². The predicted molar refractivity (Wildman–Crippen MR) is 62.6 cm³/mol. The first kappa shape index (κ1) is 12.2. The number of hydrogen-bond acceptors (Lipinski definition) is 2. The summed E-state index contributed by atoms with van der Waals surface area (Å²) in [6.45, 7) is 0.493. The maximum atomic E-state index is 10.3. The van der Waals surface area contributed by atoms with E-state index in [1.807, 2.05) is 18.2 Å². The minimum atomic E-state index is -0.744. The van der Waals surface area contributed by atoms with E-state index in [1.54, 1.807) is 0 Å². The molecular weight excluding hydrogens is 258 g/mol. The normalized spacial score (nSPS) is 10.3. The van der Waals surface area contributed by atoms with Crippen LogP contribution in [0.15, 0.2) is 22.7 Å². The van der Waals surface area contributed by atoms with Crippen molar-refractivity contribution >= 4 is 21.9 Å². The number of aryl methyl sites for hydroxylation is 1. The lowest BCUT2D eigenvalue weighted by atomic mass is 10.1. The molecule has 0 heterocycles. The van der Waals surface area contributed by atoms with Crippen LogP contribution in [-0.4, -0.2) is 11.1 Å². The van der Waals surface area contributed by atoms with E-state index in [9.17, 15) is 4.79 Å². The van der Waals surface area contributed by atoms with Crippen LogP contribution in [-0.2, 0) is 17.8 Å². The third-order valence-electron chi connectivity index (χ3n) is 2.19. The van der Waals surface area contributed by atoms with E-state index >= 15 is 0 Å². The van der Waals surface area contributed by atoms with Crippen LogP contribution in [0.5, 0.6) is 0 Å². The van der Waals surface area contributed by atoms with Gasteiger partial charge >= 0.3 is 5.97 Å². The van der Waals surface area contributed by atoms with Gasteiger partial charge in [-0.05, 0) is 30.0 Å². The van der Waals surface area contributed by atoms with E-state index < -0.39 is 5.97 Å². The van der Waals surface area contributed by atoms with E-state index in [-0.39, 0.29) is 6.42 Å². The van der Waals surface area contributed by atoms with Crippen LogP contribution in [0.4, 0.5) is 0 Å². The molecule has 0 aliphatic heterocycles. The molecule has 0 bridgehead atoms. The van der Waals surface area contributed by atoms with Gasteiger partial charge in [0.1, 0.15) is 0 Å². The lowest BCUT2D eigenvalue weighted by Crippen LogP contribution is -2.00. The first-order chi connectivity index (χ1) is 7.13. The second-order valence-corrected chi connectivity index (χ2v) is 4.23. The van der Waals surface area contributed by atoms with Crippen molar-refractivity contribution in [2.45, 2.75) is 25.8 Å². The molecule has 0 radical (unpaired) electrons. The third kappa shape index (κ3) is 4.01. The van der Waals surface area contributed by atoms with Gasteiger partial charge in [-0.1, -0.05) is 28.1 Å². The lowest BCUT2D eigenvalue weighted by molar-refractivity contribution is -0.137. The van der Waals surface area contributed by atoms with Crippen LogP contribution < -0.4 is 5.73 Å². The van der Waals surface area contributed by atoms with E-state index in [4.69, 9.17) is 10.8 Å². The van der Waals surface area contributed by atoms with Gasteiger partial charge in [0.2, 0.25) is 0 Å². The third-order valence-corrected chi connectivity index (χ3v) is 2.96. The summed E-state index contributed by atoms with van der Waals surface area (Å²) in [6.07, 6.45) is 1.67. The SMILES string of the molecule is NCc1cc(CCCC(=O)O)ccc1Br. The molecule has 0 amide bonds. The number of benzene rings is 1. The van der Waals surface area contributed by atoms with Gasteiger partial charge in [-0.2, -0.15) is 0 Å². The van der Waals surface area contributed by atoms with E-state index in [0.29, 0.717) is 13.0 Å². The summed E-state index contributed by atoms with van der Waals surface area (Å²) < 4.78 is 1.01. The van der Waals surface area contributed by atoms with Crippen LogP contribution in [0.25, 0.3) is 0 Å². The highest BCUT2D eigenvalue weighted by Crippen LogP contribution is 2.18. The molecule has 3 N–H and O–H groups in total. The average Bonchev–Trinajstić information content (AvgIpc) is 2.20. The molecule has 0 fully saturated rings. The van der Waals surface area contributed by atoms with Gasteiger partial charge in [-0.25, -0.2) is 0 Å². The van der Waals surface area contributed by atoms with Gasteiger partial charge in [0.05, 0.1) is 0 Å². The quantitative estimate of drug-likeness (QED) is 0.864. The second-order valence-electron chi connectivity index (χ2n) is 3.38. The van der Waals surface area contributed by atoms with Crippen molar-refractivity contribution in [3.8, 4) is 0 Å². The maximum absolute atomic E-state index is 10.3. The highest BCUT2D eigenvalue weighted by atomic mass is 79.9. The molecule has 1 aromatic carbocycles. The molecule has 15 heavy (non-hydrogen) atoms. The number of nitrogens with two attached hydrogens (primary N) is 1. The topological polar surface area (TPSA) is 63.3 Å². The molecule has 0 saturated carbocycles. The summed E-state index contributed by atoms with van der Waals surface area (Å²) in [7, 11) is 0. The summed E-state index contributed by atoms with van der Waals surface area (Å²) in [5, 5.41) is 8.51. The van der Waals surface area contributed by atoms with Crippen molar-refractivity contribution in [1.29, 1.82) is 0 Å². The molecule has 0 aromatic heterocycles. The van der Waals surface area contributed by atoms with E-state index in [1.165, 1.54) is 0 Å². The van der Waals surface area contributed by atoms with Crippen LogP contribution in [0, 0.1) is 0 Å². The molecule has 4 heteroatoms. The Morgan fingerprint density at radius 2 is 2.20 bits per heavy atom. The van der Waals surface area contributed by atoms with Gasteiger partial charge < -0.3 is 10.8 Å². The standard InChI is InChI=1S/C11H14BrNO2/c12-10-5-4-8(6-9(10)7-13)2-1-3-11(14)15/h4-6H,1-3,7,13H2,(H,14,15). The fourth-order valence-corrected chi connectivity index (χ4v) is 1.79. The first-order valence-corrected chi connectivity index (χ1v) is 5.62.